The Morgan fingerprint density at radius 3 is 1.97 bits per heavy atom. The maximum Gasteiger partial charge on any atom is 0.323 e. The smallest absolute Gasteiger partial charge is 0.323 e. The maximum absolute atomic E-state index is 13.5. The summed E-state index contributed by atoms with van der Waals surface area (Å²) in [7, 11) is 1.55. The van der Waals surface area contributed by atoms with E-state index in [9.17, 15) is 19.2 Å². The highest BCUT2D eigenvalue weighted by atomic mass is 16.6. The molecule has 1 saturated heterocycles. The van der Waals surface area contributed by atoms with Crippen molar-refractivity contribution in [3.63, 3.8) is 0 Å². The van der Waals surface area contributed by atoms with Crippen molar-refractivity contribution >= 4 is 23.8 Å². The second-order valence-electron chi connectivity index (χ2n) is 8.19. The Labute approximate surface area is 193 Å². The third-order valence-electron chi connectivity index (χ3n) is 6.72. The molecule has 1 aromatic rings. The van der Waals surface area contributed by atoms with Crippen LogP contribution in [-0.2, 0) is 33.4 Å². The Balaban J connectivity index is 2.12. The summed E-state index contributed by atoms with van der Waals surface area (Å²) in [6.07, 6.45) is 0.0979. The van der Waals surface area contributed by atoms with Gasteiger partial charge in [-0.3, -0.25) is 19.2 Å². The number of fused-ring (bicyclic) bond motifs is 1. The van der Waals surface area contributed by atoms with E-state index >= 15 is 0 Å². The van der Waals surface area contributed by atoms with Crippen LogP contribution in [-0.4, -0.2) is 50.7 Å². The van der Waals surface area contributed by atoms with Crippen molar-refractivity contribution in [2.24, 2.45) is 16.7 Å². The Morgan fingerprint density at radius 2 is 1.45 bits per heavy atom. The van der Waals surface area contributed by atoms with Crippen LogP contribution in [0.15, 0.2) is 24.3 Å². The predicted octanol–water partition coefficient (Wildman–Crippen LogP) is 2.33. The van der Waals surface area contributed by atoms with Gasteiger partial charge in [-0.15, -0.1) is 0 Å². The Hall–Kier alpha value is -3.10. The van der Waals surface area contributed by atoms with Gasteiger partial charge in [0.15, 0.2) is 10.8 Å². The largest absolute Gasteiger partial charge is 0.497 e. The van der Waals surface area contributed by atoms with E-state index in [0.29, 0.717) is 5.75 Å². The SMILES string of the molecule is CCOC(=O)C1(C(=O)OCC)CC[C@@]2(C(=O)OCC)C(=O)N[C@@H](c3ccc(OC)cc3)C[C@@H]12. The van der Waals surface area contributed by atoms with Crippen molar-refractivity contribution in [3.05, 3.63) is 29.8 Å². The first-order valence-corrected chi connectivity index (χ1v) is 11.3. The van der Waals surface area contributed by atoms with Crippen LogP contribution in [0, 0.1) is 16.7 Å². The molecule has 9 heteroatoms. The van der Waals surface area contributed by atoms with Crippen LogP contribution in [0.4, 0.5) is 0 Å². The molecule has 0 spiro atoms. The second kappa shape index (κ2) is 9.80. The van der Waals surface area contributed by atoms with E-state index in [1.54, 1.807) is 52.1 Å². The lowest BCUT2D eigenvalue weighted by Crippen LogP contribution is -2.60. The number of benzene rings is 1. The molecule has 3 atom stereocenters. The molecule has 0 unspecified atom stereocenters. The van der Waals surface area contributed by atoms with Crippen molar-refractivity contribution in [2.75, 3.05) is 26.9 Å². The molecule has 1 saturated carbocycles. The molecule has 1 N–H and O–H groups in total. The Morgan fingerprint density at radius 1 is 0.909 bits per heavy atom. The fourth-order valence-corrected chi connectivity index (χ4v) is 5.16. The highest BCUT2D eigenvalue weighted by Gasteiger charge is 2.73. The molecule has 0 radical (unpaired) electrons. The van der Waals surface area contributed by atoms with Crippen molar-refractivity contribution in [1.29, 1.82) is 0 Å². The summed E-state index contributed by atoms with van der Waals surface area (Å²) < 4.78 is 21.1. The van der Waals surface area contributed by atoms with Crippen molar-refractivity contribution < 1.29 is 38.1 Å². The fourth-order valence-electron chi connectivity index (χ4n) is 5.16. The summed E-state index contributed by atoms with van der Waals surface area (Å²) in [5.41, 5.74) is -2.70. The lowest BCUT2D eigenvalue weighted by molar-refractivity contribution is -0.182. The Kier molecular flexibility index (Phi) is 7.29. The molecule has 3 rings (SSSR count). The van der Waals surface area contributed by atoms with Gasteiger partial charge in [0.05, 0.1) is 33.0 Å². The van der Waals surface area contributed by atoms with Gasteiger partial charge in [0, 0.05) is 5.92 Å². The normalized spacial score (nSPS) is 25.4. The molecule has 2 aliphatic rings. The number of nitrogens with one attached hydrogen (secondary N) is 1. The fraction of sp³-hybridized carbons (Fsp3) is 0.583. The van der Waals surface area contributed by atoms with Gasteiger partial charge in [0.25, 0.3) is 0 Å². The monoisotopic (exact) mass is 461 g/mol. The molecule has 1 aliphatic heterocycles. The first kappa shape index (κ1) is 24.5. The van der Waals surface area contributed by atoms with E-state index < -0.39 is 46.6 Å². The maximum atomic E-state index is 13.5. The molecule has 0 bridgehead atoms. The molecule has 0 aromatic heterocycles. The van der Waals surface area contributed by atoms with Crippen LogP contribution in [0.25, 0.3) is 0 Å². The first-order valence-electron chi connectivity index (χ1n) is 11.3. The number of amides is 1. The number of hydrogen-bond donors (Lipinski definition) is 1. The standard InChI is InChI=1S/C24H31NO8/c1-5-31-20(27)23-12-13-24(21(28)32-6-2,22(29)33-7-3)18(23)14-17(25-19(23)26)15-8-10-16(30-4)11-9-15/h8-11,17-18H,5-7,12-14H2,1-4H3,(H,25,26)/t17-,18-,23+/m1/s1. The molecule has 1 aromatic carbocycles. The predicted molar refractivity (Wildman–Crippen MR) is 116 cm³/mol. The van der Waals surface area contributed by atoms with E-state index in [0.717, 1.165) is 5.56 Å². The molecule has 180 valence electrons. The lowest BCUT2D eigenvalue weighted by atomic mass is 9.62. The summed E-state index contributed by atoms with van der Waals surface area (Å²) in [4.78, 5) is 53.3. The molecular weight excluding hydrogens is 430 g/mol. The molecule has 2 fully saturated rings. The van der Waals surface area contributed by atoms with Gasteiger partial charge in [-0.2, -0.15) is 0 Å². The van der Waals surface area contributed by atoms with Crippen LogP contribution in [0.2, 0.25) is 0 Å². The highest BCUT2D eigenvalue weighted by Crippen LogP contribution is 2.61. The minimum Gasteiger partial charge on any atom is -0.497 e. The van der Waals surface area contributed by atoms with Crippen LogP contribution in [0.5, 0.6) is 5.75 Å². The first-order chi connectivity index (χ1) is 15.8. The molecule has 33 heavy (non-hydrogen) atoms. The van der Waals surface area contributed by atoms with Crippen molar-refractivity contribution in [2.45, 2.75) is 46.1 Å². The summed E-state index contributed by atoms with van der Waals surface area (Å²) in [6.45, 7) is 5.08. The number of hydrogen-bond acceptors (Lipinski definition) is 8. The van der Waals surface area contributed by atoms with Crippen LogP contribution >= 0.6 is 0 Å². The van der Waals surface area contributed by atoms with Gasteiger partial charge < -0.3 is 24.3 Å². The molecule has 1 amide bonds. The molecule has 9 nitrogen and oxygen atoms in total. The van der Waals surface area contributed by atoms with Crippen molar-refractivity contribution in [1.82, 2.24) is 5.32 Å². The molecule has 1 heterocycles. The average molecular weight is 462 g/mol. The topological polar surface area (TPSA) is 117 Å². The number of carbonyl (C=O) groups excluding carboxylic acids is 4. The van der Waals surface area contributed by atoms with Gasteiger partial charge in [0.2, 0.25) is 5.91 Å². The second-order valence-corrected chi connectivity index (χ2v) is 8.19. The summed E-state index contributed by atoms with van der Waals surface area (Å²) >= 11 is 0. The quantitative estimate of drug-likeness (QED) is 0.356. The minimum atomic E-state index is -1.78. The van der Waals surface area contributed by atoms with E-state index in [-0.39, 0.29) is 39.1 Å². The van der Waals surface area contributed by atoms with Gasteiger partial charge in [-0.1, -0.05) is 12.1 Å². The third kappa shape index (κ3) is 3.94. The van der Waals surface area contributed by atoms with E-state index in [1.807, 2.05) is 0 Å². The van der Waals surface area contributed by atoms with E-state index in [4.69, 9.17) is 18.9 Å². The number of rotatable bonds is 8. The van der Waals surface area contributed by atoms with Crippen LogP contribution < -0.4 is 10.1 Å². The summed E-state index contributed by atoms with van der Waals surface area (Å²) in [5, 5.41) is 2.92. The third-order valence-corrected chi connectivity index (χ3v) is 6.72. The summed E-state index contributed by atoms with van der Waals surface area (Å²) in [5.74, 6) is -3.19. The zero-order chi connectivity index (χ0) is 24.2. The molecular formula is C24H31NO8. The van der Waals surface area contributed by atoms with Crippen molar-refractivity contribution in [3.8, 4) is 5.75 Å². The van der Waals surface area contributed by atoms with Gasteiger partial charge in [-0.05, 0) is 57.7 Å². The number of ether oxygens (including phenoxy) is 4. The van der Waals surface area contributed by atoms with Gasteiger partial charge in [-0.25, -0.2) is 0 Å². The average Bonchev–Trinajstić information content (AvgIpc) is 3.17. The van der Waals surface area contributed by atoms with E-state index in [1.165, 1.54) is 0 Å². The zero-order valence-electron chi connectivity index (χ0n) is 19.5. The van der Waals surface area contributed by atoms with E-state index in [2.05, 4.69) is 5.32 Å². The summed E-state index contributed by atoms with van der Waals surface area (Å²) in [6, 6.07) is 6.58. The number of esters is 3. The number of piperidine rings is 1. The molecule has 1 aliphatic carbocycles. The van der Waals surface area contributed by atoms with Crippen LogP contribution in [0.1, 0.15) is 51.6 Å². The Bertz CT molecular complexity index is 894. The van der Waals surface area contributed by atoms with Gasteiger partial charge in [0.1, 0.15) is 5.75 Å². The van der Waals surface area contributed by atoms with Gasteiger partial charge >= 0.3 is 17.9 Å². The minimum absolute atomic E-state index is 0.0186. The number of methoxy groups -OCH3 is 1. The zero-order valence-corrected chi connectivity index (χ0v) is 19.5. The highest BCUT2D eigenvalue weighted by molar-refractivity contribution is 6.09. The lowest BCUT2D eigenvalue weighted by Gasteiger charge is -2.44. The number of carbonyl (C=O) groups is 4. The van der Waals surface area contributed by atoms with Crippen LogP contribution in [0.3, 0.4) is 0 Å².